The van der Waals surface area contributed by atoms with E-state index in [4.69, 9.17) is 30.2 Å². The summed E-state index contributed by atoms with van der Waals surface area (Å²) in [7, 11) is -10.1. The van der Waals surface area contributed by atoms with E-state index in [0.717, 1.165) is 0 Å². The van der Waals surface area contributed by atoms with Crippen LogP contribution in [0.2, 0.25) is 0 Å². The molecule has 0 saturated heterocycles. The first kappa shape index (κ1) is 16.4. The van der Waals surface area contributed by atoms with E-state index in [2.05, 4.69) is 10.0 Å². The Kier molecular flexibility index (Phi) is 7.12. The van der Waals surface area contributed by atoms with Gasteiger partial charge in [-0.15, -0.1) is 0 Å². The summed E-state index contributed by atoms with van der Waals surface area (Å²) in [5.74, 6) is -0.322. The molecule has 0 radical (unpaired) electrons. The maximum atomic E-state index is 9.63. The molecular weight excluding hydrogens is 254 g/mol. The lowest BCUT2D eigenvalue weighted by atomic mass is 11.0. The van der Waals surface area contributed by atoms with Gasteiger partial charge in [0.1, 0.15) is 0 Å². The van der Waals surface area contributed by atoms with Gasteiger partial charge in [0, 0.05) is 0 Å². The monoisotopic (exact) mass is 262 g/mol. The summed E-state index contributed by atoms with van der Waals surface area (Å²) in [4.78, 5) is 31.0. The molecule has 0 amide bonds. The van der Waals surface area contributed by atoms with Crippen molar-refractivity contribution < 1.29 is 33.0 Å². The zero-order valence-corrected chi connectivity index (χ0v) is 8.72. The molecule has 0 aliphatic heterocycles. The average Bonchev–Trinajstić information content (AvgIpc) is 1.77. The summed E-state index contributed by atoms with van der Waals surface area (Å²) >= 11 is 0. The van der Waals surface area contributed by atoms with Crippen molar-refractivity contribution in [2.24, 2.45) is 5.73 Å². The fourth-order valence-electron chi connectivity index (χ4n) is 0.199. The highest BCUT2D eigenvalue weighted by Gasteiger charge is 2.27. The first-order chi connectivity index (χ1) is 6.48. The van der Waals surface area contributed by atoms with Gasteiger partial charge in [-0.25, -0.2) is 9.13 Å². The van der Waals surface area contributed by atoms with Crippen LogP contribution in [0.25, 0.3) is 0 Å². The minimum absolute atomic E-state index is 0.322. The Morgan fingerprint density at radius 3 is 1.67 bits per heavy atom. The Labute approximate surface area is 83.5 Å². The molecule has 8 N–H and O–H groups in total. The average molecular weight is 262 g/mol. The van der Waals surface area contributed by atoms with Gasteiger partial charge in [-0.1, -0.05) is 0 Å². The molecule has 15 heavy (non-hydrogen) atoms. The van der Waals surface area contributed by atoms with Crippen molar-refractivity contribution in [1.29, 1.82) is 10.7 Å². The maximum absolute atomic E-state index is 9.63. The third-order valence-electron chi connectivity index (χ3n) is 0.403. The Hall–Kier alpha value is -0.980. The number of hydrogen-bond acceptors (Lipinski definition) is 5. The molecule has 0 bridgehead atoms. The third-order valence-corrected chi connectivity index (χ3v) is 2.11. The molecule has 0 aliphatic carbocycles. The smallest absolute Gasteiger partial charge is 0.369 e. The molecular formula is C2H8N4O7P2. The SMILES string of the molecule is N#CNC(=N)N.O=P(O)(O)OP(=O)(O)O. The van der Waals surface area contributed by atoms with Crippen LogP contribution >= 0.6 is 15.6 Å². The maximum Gasteiger partial charge on any atom is 0.478 e. The molecule has 0 rings (SSSR count). The Morgan fingerprint density at radius 2 is 1.67 bits per heavy atom. The highest BCUT2D eigenvalue weighted by Crippen LogP contribution is 2.53. The van der Waals surface area contributed by atoms with Crippen molar-refractivity contribution in [3.05, 3.63) is 0 Å². The first-order valence-corrected chi connectivity index (χ1v) is 5.85. The minimum Gasteiger partial charge on any atom is -0.369 e. The number of nitrogens with zero attached hydrogens (tertiary/aromatic N) is 1. The van der Waals surface area contributed by atoms with Gasteiger partial charge < -0.3 is 25.3 Å². The topological polar surface area (TPSA) is 210 Å². The Bertz CT molecular complexity index is 315. The molecule has 0 aliphatic rings. The van der Waals surface area contributed by atoms with Gasteiger partial charge in [-0.3, -0.25) is 10.7 Å². The standard InChI is InChI=1S/C2H4N4.H4O7P2/c3-1-6-2(4)5;1-8(2,3)7-9(4,5)6/h(H4,4,5,6);(H2,1,2,3)(H2,4,5,6). The van der Waals surface area contributed by atoms with E-state index in [1.807, 2.05) is 5.32 Å². The second-order valence-corrected chi connectivity index (χ2v) is 4.33. The number of nitrogens with two attached hydrogens (primary N) is 1. The highest BCUT2D eigenvalue weighted by atomic mass is 31.3. The lowest BCUT2D eigenvalue weighted by Crippen LogP contribution is -2.25. The summed E-state index contributed by atoms with van der Waals surface area (Å²) in [5.41, 5.74) is 4.65. The predicted octanol–water partition coefficient (Wildman–Crippen LogP) is -1.86. The van der Waals surface area contributed by atoms with Gasteiger partial charge in [0.2, 0.25) is 0 Å². The van der Waals surface area contributed by atoms with Crippen molar-refractivity contribution in [3.63, 3.8) is 0 Å². The fourth-order valence-corrected chi connectivity index (χ4v) is 1.31. The lowest BCUT2D eigenvalue weighted by Gasteiger charge is -2.03. The van der Waals surface area contributed by atoms with E-state index < -0.39 is 15.6 Å². The Morgan fingerprint density at radius 1 is 1.33 bits per heavy atom. The van der Waals surface area contributed by atoms with Gasteiger partial charge in [0.05, 0.1) is 0 Å². The normalized spacial score (nSPS) is 10.6. The molecule has 0 unspecified atom stereocenters. The van der Waals surface area contributed by atoms with Gasteiger partial charge >= 0.3 is 15.6 Å². The molecule has 13 heteroatoms. The molecule has 0 aromatic rings. The summed E-state index contributed by atoms with van der Waals surface area (Å²) in [6.07, 6.45) is 1.47. The van der Waals surface area contributed by atoms with E-state index in [9.17, 15) is 9.13 Å². The summed E-state index contributed by atoms with van der Waals surface area (Å²) in [5, 5.41) is 15.9. The molecule has 88 valence electrons. The fraction of sp³-hybridized carbons (Fsp3) is 0. The largest absolute Gasteiger partial charge is 0.478 e. The number of nitrogens with one attached hydrogen (secondary N) is 2. The van der Waals surface area contributed by atoms with Gasteiger partial charge in [-0.2, -0.15) is 9.57 Å². The second-order valence-electron chi connectivity index (χ2n) is 1.71. The van der Waals surface area contributed by atoms with Crippen LogP contribution in [0.3, 0.4) is 0 Å². The van der Waals surface area contributed by atoms with Crippen LogP contribution in [-0.2, 0) is 13.4 Å². The summed E-state index contributed by atoms with van der Waals surface area (Å²) < 4.78 is 22.2. The molecule has 0 atom stereocenters. The van der Waals surface area contributed by atoms with Crippen LogP contribution in [0.5, 0.6) is 0 Å². The minimum atomic E-state index is -5.05. The first-order valence-electron chi connectivity index (χ1n) is 2.79. The predicted molar refractivity (Wildman–Crippen MR) is 45.8 cm³/mol. The summed E-state index contributed by atoms with van der Waals surface area (Å²) in [6.45, 7) is 0. The van der Waals surface area contributed by atoms with Crippen molar-refractivity contribution >= 4 is 21.6 Å². The molecule has 0 fully saturated rings. The lowest BCUT2D eigenvalue weighted by molar-refractivity contribution is 0.225. The number of rotatable bonds is 2. The van der Waals surface area contributed by atoms with E-state index in [-0.39, 0.29) is 5.96 Å². The second kappa shape index (κ2) is 6.49. The zero-order chi connectivity index (χ0) is 12.7. The number of guanidine groups is 1. The van der Waals surface area contributed by atoms with E-state index in [1.165, 1.54) is 6.19 Å². The quantitative estimate of drug-likeness (QED) is 0.0968. The molecule has 11 nitrogen and oxygen atoms in total. The van der Waals surface area contributed by atoms with Crippen LogP contribution in [0.4, 0.5) is 0 Å². The van der Waals surface area contributed by atoms with E-state index in [0.29, 0.717) is 0 Å². The van der Waals surface area contributed by atoms with Gasteiger partial charge in [0.25, 0.3) is 0 Å². The van der Waals surface area contributed by atoms with Gasteiger partial charge in [-0.05, 0) is 0 Å². The number of hydrogen-bond donors (Lipinski definition) is 7. The van der Waals surface area contributed by atoms with E-state index in [1.54, 1.807) is 0 Å². The van der Waals surface area contributed by atoms with Crippen molar-refractivity contribution in [2.75, 3.05) is 0 Å². The molecule has 0 spiro atoms. The third kappa shape index (κ3) is 24.6. The van der Waals surface area contributed by atoms with Crippen molar-refractivity contribution in [2.45, 2.75) is 0 Å². The summed E-state index contributed by atoms with van der Waals surface area (Å²) in [6, 6.07) is 0. The molecule has 0 heterocycles. The highest BCUT2D eigenvalue weighted by molar-refractivity contribution is 7.60. The van der Waals surface area contributed by atoms with Crippen LogP contribution in [0, 0.1) is 16.9 Å². The van der Waals surface area contributed by atoms with Gasteiger partial charge in [0.15, 0.2) is 12.2 Å². The van der Waals surface area contributed by atoms with Crippen LogP contribution in [0.15, 0.2) is 0 Å². The van der Waals surface area contributed by atoms with Crippen molar-refractivity contribution in [1.82, 2.24) is 5.32 Å². The van der Waals surface area contributed by atoms with Crippen LogP contribution in [-0.4, -0.2) is 25.5 Å². The number of phosphoric acid groups is 2. The van der Waals surface area contributed by atoms with Crippen LogP contribution in [0.1, 0.15) is 0 Å². The molecule has 0 aromatic carbocycles. The zero-order valence-electron chi connectivity index (χ0n) is 6.93. The Balaban J connectivity index is 0. The van der Waals surface area contributed by atoms with E-state index >= 15 is 0 Å². The molecule has 0 aromatic heterocycles. The van der Waals surface area contributed by atoms with Crippen LogP contribution < -0.4 is 11.1 Å². The number of nitriles is 1. The van der Waals surface area contributed by atoms with Crippen molar-refractivity contribution in [3.8, 4) is 6.19 Å². The molecule has 0 saturated carbocycles.